The summed E-state index contributed by atoms with van der Waals surface area (Å²) in [6.07, 6.45) is 30.7. The lowest BCUT2D eigenvalue weighted by molar-refractivity contribution is -0.0383. The average Bonchev–Trinajstić information content (AvgIpc) is 1.62. The highest BCUT2D eigenvalue weighted by Gasteiger charge is 2.54. The minimum Gasteiger partial charge on any atom is -1.00 e. The van der Waals surface area contributed by atoms with E-state index < -0.39 is 11.1 Å². The highest BCUT2D eigenvalue weighted by atomic mass is 127. The van der Waals surface area contributed by atoms with Crippen molar-refractivity contribution in [3.8, 4) is 11.1 Å². The Kier molecular flexibility index (Phi) is 25.6. The summed E-state index contributed by atoms with van der Waals surface area (Å²) >= 11 is 3.50. The molecule has 13 heterocycles. The number of aromatic nitrogens is 16. The van der Waals surface area contributed by atoms with E-state index in [0.29, 0.717) is 36.7 Å². The van der Waals surface area contributed by atoms with E-state index in [1.165, 1.54) is 29.8 Å². The van der Waals surface area contributed by atoms with Crippen molar-refractivity contribution in [3.05, 3.63) is 222 Å². The van der Waals surface area contributed by atoms with Crippen molar-refractivity contribution >= 4 is 75.7 Å². The summed E-state index contributed by atoms with van der Waals surface area (Å²) in [5.41, 5.74) is 20.4. The van der Waals surface area contributed by atoms with Crippen LogP contribution >= 0.6 is 15.9 Å². The topological polar surface area (TPSA) is 317 Å². The Bertz CT molecular complexity index is 5390. The van der Waals surface area contributed by atoms with Crippen LogP contribution in [0.3, 0.4) is 0 Å². The number of nitrogens with two attached hydrogens (primary N) is 2. The second-order valence-corrected chi connectivity index (χ2v) is 35.0. The van der Waals surface area contributed by atoms with Crippen LogP contribution in [0.4, 0.5) is 32.3 Å². The third-order valence-corrected chi connectivity index (χ3v) is 25.2. The Morgan fingerprint density at radius 1 is 0.467 bits per heavy atom. The number of rotatable bonds is 17. The van der Waals surface area contributed by atoms with E-state index in [1.54, 1.807) is 67.9 Å². The molecule has 3 aromatic carbocycles. The van der Waals surface area contributed by atoms with Crippen LogP contribution in [-0.2, 0) is 41.0 Å². The van der Waals surface area contributed by atoms with Gasteiger partial charge in [-0.05, 0) is 177 Å². The molecule has 4 aliphatic heterocycles. The summed E-state index contributed by atoms with van der Waals surface area (Å²) in [7, 11) is -0.706. The monoisotopic (exact) mass is 1810 g/mol. The molecule has 3 saturated carbocycles. The largest absolute Gasteiger partial charge is 1.00 e. The molecule has 632 valence electrons. The number of hydrogen-bond acceptors (Lipinski definition) is 24. The van der Waals surface area contributed by atoms with E-state index in [-0.39, 0.29) is 97.9 Å². The van der Waals surface area contributed by atoms with Gasteiger partial charge in [0, 0.05) is 158 Å². The molecule has 29 nitrogen and oxygen atoms in total. The van der Waals surface area contributed by atoms with E-state index in [0.717, 1.165) is 162 Å². The van der Waals surface area contributed by atoms with Crippen molar-refractivity contribution in [1.82, 2.24) is 78.5 Å². The minimum absolute atomic E-state index is 0. The van der Waals surface area contributed by atoms with Crippen molar-refractivity contribution < 1.29 is 66.3 Å². The van der Waals surface area contributed by atoms with Crippen LogP contribution in [0.2, 0.25) is 0 Å². The van der Waals surface area contributed by atoms with E-state index in [4.69, 9.17) is 34.8 Å². The molecular weight excluding hydrogens is 1710 g/mol. The van der Waals surface area contributed by atoms with Gasteiger partial charge in [0.2, 0.25) is 11.9 Å². The number of fused-ring (bicyclic) bond motifs is 2. The predicted octanol–water partition coefficient (Wildman–Crippen LogP) is 7.36. The van der Waals surface area contributed by atoms with E-state index >= 15 is 0 Å². The number of aliphatic hydroxyl groups excluding tert-OH is 2. The summed E-state index contributed by atoms with van der Waals surface area (Å²) in [5.74, 6) is 2.53. The summed E-state index contributed by atoms with van der Waals surface area (Å²) in [5, 5.41) is 41.1. The number of anilines is 4. The van der Waals surface area contributed by atoms with Gasteiger partial charge in [-0.3, -0.25) is 14.0 Å². The van der Waals surface area contributed by atoms with Gasteiger partial charge in [-0.2, -0.15) is 25.5 Å². The van der Waals surface area contributed by atoms with E-state index in [2.05, 4.69) is 143 Å². The van der Waals surface area contributed by atoms with Gasteiger partial charge < -0.3 is 88.6 Å². The first kappa shape index (κ1) is 87.1. The van der Waals surface area contributed by atoms with Crippen LogP contribution in [0.15, 0.2) is 182 Å². The van der Waals surface area contributed by atoms with Crippen LogP contribution in [0.1, 0.15) is 161 Å². The van der Waals surface area contributed by atoms with Gasteiger partial charge in [0.15, 0.2) is 11.6 Å². The van der Waals surface area contributed by atoms with Crippen LogP contribution in [0.5, 0.6) is 0 Å². The summed E-state index contributed by atoms with van der Waals surface area (Å²) in [4.78, 5) is 36.3. The number of aliphatic hydroxyl groups is 2. The first-order valence-electron chi connectivity index (χ1n) is 40.3. The zero-order valence-electron chi connectivity index (χ0n) is 68.5. The Hall–Kier alpha value is -9.27. The molecule has 0 spiro atoms. The Balaban J connectivity index is 0.000000135. The molecule has 2 atom stereocenters. The fourth-order valence-electron chi connectivity index (χ4n) is 15.3. The second kappa shape index (κ2) is 35.3. The van der Waals surface area contributed by atoms with Crippen LogP contribution in [0, 0.1) is 11.6 Å². The number of ether oxygens (including phenoxy) is 1. The number of benzene rings is 3. The number of piperazine rings is 2. The van der Waals surface area contributed by atoms with Crippen molar-refractivity contribution in [2.75, 3.05) is 72.0 Å². The molecule has 6 N–H and O–H groups in total. The lowest BCUT2D eigenvalue weighted by Crippen LogP contribution is -3.00. The fraction of sp³-hybridized carbons (Fsp3) is 0.447. The molecule has 19 rings (SSSR count). The van der Waals surface area contributed by atoms with Gasteiger partial charge in [-0.25, -0.2) is 47.7 Å². The van der Waals surface area contributed by atoms with Crippen LogP contribution < -0.4 is 66.0 Å². The zero-order valence-corrected chi connectivity index (χ0v) is 72.3. The number of halogens is 4. The number of nitrogens with zero attached hydrogens (tertiary/aromatic N) is 20. The second-order valence-electron chi connectivity index (χ2n) is 34.1. The Labute approximate surface area is 724 Å². The lowest BCUT2D eigenvalue weighted by Gasteiger charge is -2.35. The SMILES string of the molecule is C.CC1(C)OB(c2cnn(C3CC(O)C3)c2)OC1(C)C.CC1(C)OB(c2cnn(C3CC(OCc4ccccc4)C3)c2)OC1(C)C.C[C@](N)(c1ccc(F)cc1)c1cnc(N2CCN(c3ncnn4cc(-c5cnn(C6CC(O)C6)c5)cc34)CC2)nc1.C[C@](N)(c1ccc(F)cc1)c1cnc(N2CCN(c3ncnn4cc(Br)cc34)CC2)nc1.[I-]. The highest BCUT2D eigenvalue weighted by molar-refractivity contribution is 9.10. The quantitative estimate of drug-likeness (QED) is 0.0511. The molecule has 0 unspecified atom stereocenters. The minimum atomic E-state index is -0.836. The standard InChI is InChI=1S/C29H31FN10O.C22H22BrFN8.C20H27BN2O3.C13H21BN2O3.CH4.HI/c1-29(31,21-2-4-23(30)5-3-21)22-14-32-28(33-15-22)38-8-6-37(7-9-38)27-26-10-19(16-40(26)36-18-34-27)20-13-35-39(17-20)24-11-25(41)12-24;1-22(25,15-2-4-18(24)5-3-15)16-11-26-21(27-12-16)31-8-6-30(7-9-31)20-19-10-17(23)13-32(19)29-14-28-20;1-19(2)20(3,4)26-21(25-19)16-12-22-23(13-16)17-10-18(11-17)24-14-15-8-6-5-7-9-15;1-12(2)13(3,4)19-14(18-12)9-7-15-16(8-9)10-5-11(17)6-10;;/h2-5,10,13-18,24-25,41H,6-9,11-12,31H2,1H3;2-5,10-14H,6-9,25H2,1H3;5-9,12-13,17-18H,10-11,14H2,1-4H3;7-8,10-11,17H,5-6H2,1-4H3;1H4;1H/p-1/t24?,25?,29-;22-;;;;/m00..../s1. The molecule has 9 aromatic heterocycles. The lowest BCUT2D eigenvalue weighted by atomic mass is 9.81. The third-order valence-electron chi connectivity index (χ3n) is 24.8. The van der Waals surface area contributed by atoms with E-state index in [9.17, 15) is 19.0 Å². The van der Waals surface area contributed by atoms with Crippen molar-refractivity contribution in [3.63, 3.8) is 0 Å². The maximum absolute atomic E-state index is 13.4. The Morgan fingerprint density at radius 3 is 1.27 bits per heavy atom. The first-order chi connectivity index (χ1) is 56.4. The highest BCUT2D eigenvalue weighted by Crippen LogP contribution is 2.41. The molecule has 0 radical (unpaired) electrons. The molecule has 12 aromatic rings. The van der Waals surface area contributed by atoms with Crippen molar-refractivity contribution in [2.45, 2.75) is 192 Å². The summed E-state index contributed by atoms with van der Waals surface area (Å²) < 4.78 is 67.4. The summed E-state index contributed by atoms with van der Waals surface area (Å²) in [6, 6.07) is 27.8. The van der Waals surface area contributed by atoms with Gasteiger partial charge in [-0.1, -0.05) is 62.0 Å². The zero-order chi connectivity index (χ0) is 82.6. The first-order valence-corrected chi connectivity index (χ1v) is 41.1. The molecule has 0 amide bonds. The van der Waals surface area contributed by atoms with Crippen LogP contribution in [0.25, 0.3) is 22.2 Å². The molecule has 7 fully saturated rings. The molecule has 120 heavy (non-hydrogen) atoms. The summed E-state index contributed by atoms with van der Waals surface area (Å²) in [6.45, 7) is 27.0. The fourth-order valence-corrected chi connectivity index (χ4v) is 15.7. The van der Waals surface area contributed by atoms with Crippen molar-refractivity contribution in [1.29, 1.82) is 0 Å². The van der Waals surface area contributed by atoms with Gasteiger partial charge in [-0.15, -0.1) is 0 Å². The normalized spacial score (nSPS) is 22.3. The predicted molar refractivity (Wildman–Crippen MR) is 456 cm³/mol. The van der Waals surface area contributed by atoms with Crippen molar-refractivity contribution in [2.24, 2.45) is 11.5 Å². The number of hydrogen-bond donors (Lipinski definition) is 4. The maximum atomic E-state index is 13.4. The average molecular weight is 1810 g/mol. The molecular formula is C85H105B2BrF2IN22O7-. The Morgan fingerprint density at radius 2 is 0.850 bits per heavy atom. The molecule has 7 aliphatic rings. The molecule has 0 bridgehead atoms. The third kappa shape index (κ3) is 18.6. The van der Waals surface area contributed by atoms with Gasteiger partial charge in [0.1, 0.15) is 35.3 Å². The molecule has 35 heteroatoms. The molecule has 4 saturated heterocycles. The molecule has 3 aliphatic carbocycles. The smallest absolute Gasteiger partial charge is 0.498 e. The van der Waals surface area contributed by atoms with Crippen LogP contribution in [-0.4, -0.2) is 196 Å². The maximum Gasteiger partial charge on any atom is 0.498 e. The van der Waals surface area contributed by atoms with Gasteiger partial charge in [0.05, 0.1) is 82.7 Å². The van der Waals surface area contributed by atoms with Gasteiger partial charge in [0.25, 0.3) is 0 Å². The van der Waals surface area contributed by atoms with Gasteiger partial charge >= 0.3 is 14.2 Å². The van der Waals surface area contributed by atoms with E-state index in [1.807, 2.05) is 126 Å².